The smallest absolute Gasteiger partial charge is 0.134 e. The lowest BCUT2D eigenvalue weighted by Crippen LogP contribution is -2.03. The molecule has 0 bridgehead atoms. The van der Waals surface area contributed by atoms with Crippen molar-refractivity contribution >= 4 is 28.8 Å². The number of nitrogens with zero attached hydrogens (tertiary/aromatic N) is 2. The van der Waals surface area contributed by atoms with Gasteiger partial charge in [-0.05, 0) is 25.5 Å². The van der Waals surface area contributed by atoms with E-state index in [4.69, 9.17) is 11.6 Å². The van der Waals surface area contributed by atoms with Crippen LogP contribution >= 0.6 is 22.9 Å². The zero-order chi connectivity index (χ0) is 13.0. The second kappa shape index (κ2) is 6.16. The topological polar surface area (TPSA) is 37.8 Å². The molecule has 0 saturated heterocycles. The molecule has 0 unspecified atom stereocenters. The van der Waals surface area contributed by atoms with Crippen molar-refractivity contribution in [3.63, 3.8) is 0 Å². The average molecular weight is 282 g/mol. The zero-order valence-electron chi connectivity index (χ0n) is 10.5. The van der Waals surface area contributed by atoms with Gasteiger partial charge in [0.05, 0.1) is 6.54 Å². The summed E-state index contributed by atoms with van der Waals surface area (Å²) in [7, 11) is 0. The Bertz CT molecular complexity index is 525. The zero-order valence-corrected chi connectivity index (χ0v) is 12.1. The van der Waals surface area contributed by atoms with Crippen molar-refractivity contribution < 1.29 is 0 Å². The van der Waals surface area contributed by atoms with Crippen LogP contribution in [0.3, 0.4) is 0 Å². The predicted octanol–water partition coefficient (Wildman–Crippen LogP) is 4.06. The quantitative estimate of drug-likeness (QED) is 0.840. The molecule has 0 spiro atoms. The van der Waals surface area contributed by atoms with E-state index in [1.54, 1.807) is 17.4 Å². The third-order valence-corrected chi connectivity index (χ3v) is 3.65. The highest BCUT2D eigenvalue weighted by atomic mass is 35.5. The standard InChI is InChI=1S/C13H16ClN3S/c1-3-4-12-16-11(14)7-13(17-12)15-8-10-6-5-9(2)18-10/h5-7H,3-4,8H2,1-2H3,(H,15,16,17). The third kappa shape index (κ3) is 3.68. The second-order valence-corrected chi connectivity index (χ2v) is 5.87. The van der Waals surface area contributed by atoms with Gasteiger partial charge in [-0.15, -0.1) is 11.3 Å². The lowest BCUT2D eigenvalue weighted by molar-refractivity contribution is 0.834. The van der Waals surface area contributed by atoms with Crippen molar-refractivity contribution in [1.29, 1.82) is 0 Å². The van der Waals surface area contributed by atoms with Gasteiger partial charge in [-0.2, -0.15) is 0 Å². The summed E-state index contributed by atoms with van der Waals surface area (Å²) in [5.41, 5.74) is 0. The van der Waals surface area contributed by atoms with Gasteiger partial charge in [0.1, 0.15) is 16.8 Å². The summed E-state index contributed by atoms with van der Waals surface area (Å²) in [4.78, 5) is 11.3. The van der Waals surface area contributed by atoms with E-state index in [-0.39, 0.29) is 0 Å². The van der Waals surface area contributed by atoms with Crippen LogP contribution in [0.25, 0.3) is 0 Å². The number of thiophene rings is 1. The molecule has 5 heteroatoms. The van der Waals surface area contributed by atoms with Gasteiger partial charge in [-0.25, -0.2) is 9.97 Å². The van der Waals surface area contributed by atoms with E-state index in [0.29, 0.717) is 5.15 Å². The lowest BCUT2D eigenvalue weighted by atomic mass is 10.3. The molecule has 0 fully saturated rings. The summed E-state index contributed by atoms with van der Waals surface area (Å²) in [5.74, 6) is 1.60. The van der Waals surface area contributed by atoms with Crippen molar-refractivity contribution in [2.45, 2.75) is 33.2 Å². The first-order chi connectivity index (χ1) is 8.67. The van der Waals surface area contributed by atoms with Crippen molar-refractivity contribution in [3.8, 4) is 0 Å². The van der Waals surface area contributed by atoms with Crippen LogP contribution in [0.15, 0.2) is 18.2 Å². The molecule has 2 rings (SSSR count). The molecular weight excluding hydrogens is 266 g/mol. The van der Waals surface area contributed by atoms with Gasteiger partial charge in [0.25, 0.3) is 0 Å². The molecule has 1 N–H and O–H groups in total. The third-order valence-electron chi connectivity index (χ3n) is 2.45. The number of rotatable bonds is 5. The molecule has 0 aliphatic heterocycles. The fourth-order valence-electron chi connectivity index (χ4n) is 1.65. The maximum Gasteiger partial charge on any atom is 0.134 e. The second-order valence-electron chi connectivity index (χ2n) is 4.11. The number of hydrogen-bond donors (Lipinski definition) is 1. The molecule has 0 amide bonds. The molecule has 0 aliphatic carbocycles. The minimum atomic E-state index is 0.498. The van der Waals surface area contributed by atoms with Crippen LogP contribution in [-0.4, -0.2) is 9.97 Å². The first kappa shape index (κ1) is 13.3. The number of halogens is 1. The summed E-state index contributed by atoms with van der Waals surface area (Å²) < 4.78 is 0. The summed E-state index contributed by atoms with van der Waals surface area (Å²) >= 11 is 7.77. The molecule has 0 saturated carbocycles. The molecule has 2 heterocycles. The summed E-state index contributed by atoms with van der Waals surface area (Å²) in [5, 5.41) is 3.79. The van der Waals surface area contributed by atoms with E-state index in [1.807, 2.05) is 0 Å². The molecule has 2 aromatic rings. The van der Waals surface area contributed by atoms with E-state index in [1.165, 1.54) is 9.75 Å². The Morgan fingerprint density at radius 2 is 2.17 bits per heavy atom. The monoisotopic (exact) mass is 281 g/mol. The number of aryl methyl sites for hydroxylation is 2. The van der Waals surface area contributed by atoms with Gasteiger partial charge in [0.15, 0.2) is 0 Å². The minimum absolute atomic E-state index is 0.498. The van der Waals surface area contributed by atoms with Crippen molar-refractivity contribution in [1.82, 2.24) is 9.97 Å². The first-order valence-corrected chi connectivity index (χ1v) is 7.19. The Morgan fingerprint density at radius 3 is 2.83 bits per heavy atom. The summed E-state index contributed by atoms with van der Waals surface area (Å²) in [6.07, 6.45) is 1.87. The number of nitrogens with one attached hydrogen (secondary N) is 1. The van der Waals surface area contributed by atoms with Gasteiger partial charge in [-0.1, -0.05) is 18.5 Å². The largest absolute Gasteiger partial charge is 0.365 e. The molecule has 3 nitrogen and oxygen atoms in total. The van der Waals surface area contributed by atoms with Gasteiger partial charge >= 0.3 is 0 Å². The maximum atomic E-state index is 5.98. The predicted molar refractivity (Wildman–Crippen MR) is 77.4 cm³/mol. The molecule has 0 aromatic carbocycles. The molecule has 96 valence electrons. The average Bonchev–Trinajstić information content (AvgIpc) is 2.72. The maximum absolute atomic E-state index is 5.98. The van der Waals surface area contributed by atoms with Crippen molar-refractivity contribution in [2.75, 3.05) is 5.32 Å². The van der Waals surface area contributed by atoms with E-state index in [0.717, 1.165) is 31.0 Å². The van der Waals surface area contributed by atoms with Gasteiger partial charge < -0.3 is 5.32 Å². The van der Waals surface area contributed by atoms with Gasteiger partial charge in [-0.3, -0.25) is 0 Å². The van der Waals surface area contributed by atoms with E-state index >= 15 is 0 Å². The minimum Gasteiger partial charge on any atom is -0.365 e. The first-order valence-electron chi connectivity index (χ1n) is 6.00. The van der Waals surface area contributed by atoms with E-state index < -0.39 is 0 Å². The van der Waals surface area contributed by atoms with Gasteiger partial charge in [0, 0.05) is 22.2 Å². The lowest BCUT2D eigenvalue weighted by Gasteiger charge is -2.06. The highest BCUT2D eigenvalue weighted by Gasteiger charge is 2.03. The Balaban J connectivity index is 2.04. The molecule has 18 heavy (non-hydrogen) atoms. The molecule has 0 atom stereocenters. The number of anilines is 1. The highest BCUT2D eigenvalue weighted by molar-refractivity contribution is 7.11. The normalized spacial score (nSPS) is 10.6. The van der Waals surface area contributed by atoms with E-state index in [9.17, 15) is 0 Å². The van der Waals surface area contributed by atoms with Crippen LogP contribution in [0, 0.1) is 6.92 Å². The Kier molecular flexibility index (Phi) is 4.55. The van der Waals surface area contributed by atoms with Crippen LogP contribution in [0.2, 0.25) is 5.15 Å². The highest BCUT2D eigenvalue weighted by Crippen LogP contribution is 2.18. The SMILES string of the molecule is CCCc1nc(Cl)cc(NCc2ccc(C)s2)n1. The van der Waals surface area contributed by atoms with E-state index in [2.05, 4.69) is 41.3 Å². The fraction of sp³-hybridized carbons (Fsp3) is 0.385. The van der Waals surface area contributed by atoms with Crippen molar-refractivity contribution in [2.24, 2.45) is 0 Å². The fourth-order valence-corrected chi connectivity index (χ4v) is 2.68. The van der Waals surface area contributed by atoms with Gasteiger partial charge in [0.2, 0.25) is 0 Å². The Hall–Kier alpha value is -1.13. The molecule has 0 radical (unpaired) electrons. The number of aromatic nitrogens is 2. The molecular formula is C13H16ClN3S. The number of hydrogen-bond acceptors (Lipinski definition) is 4. The van der Waals surface area contributed by atoms with Crippen LogP contribution in [0.4, 0.5) is 5.82 Å². The Labute approximate surface area is 116 Å². The summed E-state index contributed by atoms with van der Waals surface area (Å²) in [6, 6.07) is 6.01. The molecule has 0 aliphatic rings. The van der Waals surface area contributed by atoms with Crippen molar-refractivity contribution in [3.05, 3.63) is 38.9 Å². The van der Waals surface area contributed by atoms with Crippen LogP contribution < -0.4 is 5.32 Å². The van der Waals surface area contributed by atoms with Crippen LogP contribution in [0.1, 0.15) is 28.9 Å². The van der Waals surface area contributed by atoms with Crippen LogP contribution in [0.5, 0.6) is 0 Å². The summed E-state index contributed by atoms with van der Waals surface area (Å²) in [6.45, 7) is 4.98. The Morgan fingerprint density at radius 1 is 1.33 bits per heavy atom. The molecule has 2 aromatic heterocycles. The van der Waals surface area contributed by atoms with Crippen LogP contribution in [-0.2, 0) is 13.0 Å².